The molecular weight excluding hydrogens is 407 g/mol. The van der Waals surface area contributed by atoms with Crippen molar-refractivity contribution in [1.29, 1.82) is 0 Å². The molecule has 3 rings (SSSR count). The summed E-state index contributed by atoms with van der Waals surface area (Å²) in [7, 11) is 0. The number of benzene rings is 2. The Hall–Kier alpha value is -3.42. The van der Waals surface area contributed by atoms with Crippen molar-refractivity contribution in [3.8, 4) is 17.3 Å². The lowest BCUT2D eigenvalue weighted by molar-refractivity contribution is -0.137. The number of aryl methyl sites for hydroxylation is 1. The Labute approximate surface area is 178 Å². The Kier molecular flexibility index (Phi) is 6.89. The summed E-state index contributed by atoms with van der Waals surface area (Å²) in [6.45, 7) is 4.40. The van der Waals surface area contributed by atoms with Gasteiger partial charge in [-0.3, -0.25) is 4.79 Å². The van der Waals surface area contributed by atoms with E-state index in [4.69, 9.17) is 4.74 Å². The molecule has 3 aromatic rings. The number of hydrogen-bond donors (Lipinski definition) is 0. The van der Waals surface area contributed by atoms with Crippen LogP contribution in [0.25, 0.3) is 11.4 Å². The number of carbonyl (C=O) groups is 1. The molecule has 5 nitrogen and oxygen atoms in total. The van der Waals surface area contributed by atoms with Crippen LogP contribution in [0, 0.1) is 6.92 Å². The molecule has 1 heterocycles. The third-order valence-electron chi connectivity index (χ3n) is 4.60. The van der Waals surface area contributed by atoms with Crippen LogP contribution in [0.5, 0.6) is 5.88 Å². The van der Waals surface area contributed by atoms with Crippen LogP contribution in [-0.4, -0.2) is 33.9 Å². The first-order valence-electron chi connectivity index (χ1n) is 9.74. The van der Waals surface area contributed by atoms with Gasteiger partial charge in [0.05, 0.1) is 5.56 Å². The van der Waals surface area contributed by atoms with Crippen molar-refractivity contribution in [1.82, 2.24) is 14.9 Å². The number of aromatic nitrogens is 2. The third kappa shape index (κ3) is 6.04. The molecule has 0 atom stereocenters. The van der Waals surface area contributed by atoms with Crippen molar-refractivity contribution < 1.29 is 22.7 Å². The molecule has 0 spiro atoms. The monoisotopic (exact) mass is 429 g/mol. The van der Waals surface area contributed by atoms with Gasteiger partial charge in [0.15, 0.2) is 12.4 Å². The van der Waals surface area contributed by atoms with E-state index in [0.717, 1.165) is 17.7 Å². The highest BCUT2D eigenvalue weighted by molar-refractivity contribution is 5.77. The minimum atomic E-state index is -4.41. The number of halogens is 3. The van der Waals surface area contributed by atoms with Gasteiger partial charge in [-0.2, -0.15) is 18.2 Å². The topological polar surface area (TPSA) is 55.3 Å². The lowest BCUT2D eigenvalue weighted by Crippen LogP contribution is -2.34. The molecule has 0 aliphatic carbocycles. The van der Waals surface area contributed by atoms with Gasteiger partial charge in [-0.1, -0.05) is 42.5 Å². The van der Waals surface area contributed by atoms with Crippen molar-refractivity contribution in [2.45, 2.75) is 26.6 Å². The molecule has 0 aliphatic rings. The Morgan fingerprint density at radius 2 is 1.71 bits per heavy atom. The lowest BCUT2D eigenvalue weighted by Gasteiger charge is -2.21. The number of alkyl halides is 3. The first kappa shape index (κ1) is 22.3. The van der Waals surface area contributed by atoms with E-state index in [0.29, 0.717) is 24.3 Å². The molecule has 8 heteroatoms. The van der Waals surface area contributed by atoms with Crippen molar-refractivity contribution in [2.24, 2.45) is 0 Å². The molecule has 0 saturated carbocycles. The van der Waals surface area contributed by atoms with Gasteiger partial charge in [0.25, 0.3) is 5.91 Å². The zero-order valence-electron chi connectivity index (χ0n) is 17.2. The van der Waals surface area contributed by atoms with Crippen molar-refractivity contribution in [3.05, 3.63) is 77.5 Å². The van der Waals surface area contributed by atoms with Crippen molar-refractivity contribution in [2.75, 3.05) is 13.2 Å². The maximum atomic E-state index is 12.8. The number of hydrogen-bond acceptors (Lipinski definition) is 4. The van der Waals surface area contributed by atoms with Crippen LogP contribution in [0.1, 0.15) is 23.7 Å². The standard InChI is InChI=1S/C23H22F3N3O2/c1-3-29(14-17-7-5-4-6-8-17)21(30)15-31-20-13-16(2)27-22(28-20)18-9-11-19(12-10-18)23(24,25)26/h4-13H,3,14-15H2,1-2H3. The predicted octanol–water partition coefficient (Wildman–Crippen LogP) is 4.90. The molecule has 0 saturated heterocycles. The summed E-state index contributed by atoms with van der Waals surface area (Å²) in [5.74, 6) is 0.220. The zero-order chi connectivity index (χ0) is 22.4. The van der Waals surface area contributed by atoms with E-state index in [2.05, 4.69) is 9.97 Å². The van der Waals surface area contributed by atoms with Gasteiger partial charge in [-0.05, 0) is 31.5 Å². The predicted molar refractivity (Wildman–Crippen MR) is 110 cm³/mol. The summed E-state index contributed by atoms with van der Waals surface area (Å²) < 4.78 is 43.9. The van der Waals surface area contributed by atoms with Gasteiger partial charge in [0, 0.05) is 30.4 Å². The number of rotatable bonds is 7. The first-order chi connectivity index (χ1) is 14.8. The maximum absolute atomic E-state index is 12.8. The maximum Gasteiger partial charge on any atom is 0.416 e. The molecule has 0 radical (unpaired) electrons. The van der Waals surface area contributed by atoms with E-state index in [1.54, 1.807) is 17.9 Å². The lowest BCUT2D eigenvalue weighted by atomic mass is 10.1. The fourth-order valence-corrected chi connectivity index (χ4v) is 2.96. The highest BCUT2D eigenvalue weighted by atomic mass is 19.4. The molecule has 2 aromatic carbocycles. The number of likely N-dealkylation sites (N-methyl/N-ethyl adjacent to an activating group) is 1. The largest absolute Gasteiger partial charge is 0.467 e. The van der Waals surface area contributed by atoms with Gasteiger partial charge in [0.2, 0.25) is 5.88 Å². The minimum absolute atomic E-state index is 0.187. The third-order valence-corrected chi connectivity index (χ3v) is 4.60. The number of amides is 1. The summed E-state index contributed by atoms with van der Waals surface area (Å²) in [4.78, 5) is 22.8. The number of carbonyl (C=O) groups excluding carboxylic acids is 1. The summed E-state index contributed by atoms with van der Waals surface area (Å²) >= 11 is 0. The molecular formula is C23H22F3N3O2. The number of ether oxygens (including phenoxy) is 1. The van der Waals surface area contributed by atoms with E-state index >= 15 is 0 Å². The SMILES string of the molecule is CCN(Cc1ccccc1)C(=O)COc1cc(C)nc(-c2ccc(C(F)(F)F)cc2)n1. The van der Waals surface area contributed by atoms with Crippen LogP contribution in [-0.2, 0) is 17.5 Å². The Morgan fingerprint density at radius 3 is 2.32 bits per heavy atom. The van der Waals surface area contributed by atoms with E-state index in [1.807, 2.05) is 37.3 Å². The summed E-state index contributed by atoms with van der Waals surface area (Å²) in [5.41, 5.74) is 1.26. The Morgan fingerprint density at radius 1 is 1.03 bits per heavy atom. The van der Waals surface area contributed by atoms with Crippen LogP contribution in [0.2, 0.25) is 0 Å². The van der Waals surface area contributed by atoms with Crippen molar-refractivity contribution in [3.63, 3.8) is 0 Å². The van der Waals surface area contributed by atoms with Gasteiger partial charge in [0.1, 0.15) is 0 Å². The molecule has 0 N–H and O–H groups in total. The van der Waals surface area contributed by atoms with Gasteiger partial charge in [-0.25, -0.2) is 4.98 Å². The van der Waals surface area contributed by atoms with Gasteiger partial charge >= 0.3 is 6.18 Å². The highest BCUT2D eigenvalue weighted by Crippen LogP contribution is 2.30. The minimum Gasteiger partial charge on any atom is -0.467 e. The average molecular weight is 429 g/mol. The molecule has 162 valence electrons. The Bertz CT molecular complexity index is 1020. The second kappa shape index (κ2) is 9.59. The fraction of sp³-hybridized carbons (Fsp3) is 0.261. The smallest absolute Gasteiger partial charge is 0.416 e. The quantitative estimate of drug-likeness (QED) is 0.536. The number of nitrogens with zero attached hydrogens (tertiary/aromatic N) is 3. The van der Waals surface area contributed by atoms with Gasteiger partial charge < -0.3 is 9.64 Å². The zero-order valence-corrected chi connectivity index (χ0v) is 17.2. The molecule has 31 heavy (non-hydrogen) atoms. The fourth-order valence-electron chi connectivity index (χ4n) is 2.96. The van der Waals surface area contributed by atoms with Crippen molar-refractivity contribution >= 4 is 5.91 Å². The second-order valence-electron chi connectivity index (χ2n) is 6.93. The van der Waals surface area contributed by atoms with E-state index < -0.39 is 11.7 Å². The van der Waals surface area contributed by atoms with E-state index in [-0.39, 0.29) is 24.2 Å². The average Bonchev–Trinajstić information content (AvgIpc) is 2.75. The molecule has 1 aromatic heterocycles. The molecule has 0 aliphatic heterocycles. The van der Waals surface area contributed by atoms with E-state index in [9.17, 15) is 18.0 Å². The summed E-state index contributed by atoms with van der Waals surface area (Å²) in [5, 5.41) is 0. The molecule has 0 unspecified atom stereocenters. The first-order valence-corrected chi connectivity index (χ1v) is 9.74. The molecule has 1 amide bonds. The normalized spacial score (nSPS) is 11.3. The molecule has 0 fully saturated rings. The summed E-state index contributed by atoms with van der Waals surface area (Å²) in [6.07, 6.45) is -4.41. The second-order valence-corrected chi connectivity index (χ2v) is 6.93. The van der Waals surface area contributed by atoms with Crippen LogP contribution < -0.4 is 4.74 Å². The van der Waals surface area contributed by atoms with Crippen LogP contribution >= 0.6 is 0 Å². The van der Waals surface area contributed by atoms with Crippen LogP contribution in [0.3, 0.4) is 0 Å². The van der Waals surface area contributed by atoms with E-state index in [1.165, 1.54) is 12.1 Å². The van der Waals surface area contributed by atoms with Gasteiger partial charge in [-0.15, -0.1) is 0 Å². The highest BCUT2D eigenvalue weighted by Gasteiger charge is 2.30. The Balaban J connectivity index is 1.69. The van der Waals surface area contributed by atoms with Crippen LogP contribution in [0.15, 0.2) is 60.7 Å². The molecule has 0 bridgehead atoms. The summed E-state index contributed by atoms with van der Waals surface area (Å²) in [6, 6.07) is 15.8. The van der Waals surface area contributed by atoms with Crippen LogP contribution in [0.4, 0.5) is 13.2 Å².